The van der Waals surface area contributed by atoms with Crippen molar-refractivity contribution in [3.63, 3.8) is 0 Å². The highest BCUT2D eigenvalue weighted by Crippen LogP contribution is 2.18. The molecule has 0 fully saturated rings. The molecule has 8 heteroatoms. The highest BCUT2D eigenvalue weighted by Gasteiger charge is 2.06. The monoisotopic (exact) mass is 364 g/mol. The van der Waals surface area contributed by atoms with E-state index in [4.69, 9.17) is 4.74 Å². The standard InChI is InChI=1S/C19H20N6O2/c1-13-7-8-14(2)18(9-13)27-11-19(26)22-21-15(3)16-5-4-6-17(10-16)25-12-20-23-24-25/h4-10,12H,11H2,1-3H3,(H,22,26)/b21-15-. The van der Waals surface area contributed by atoms with E-state index in [2.05, 4.69) is 26.1 Å². The minimum absolute atomic E-state index is 0.105. The van der Waals surface area contributed by atoms with Crippen molar-refractivity contribution in [1.29, 1.82) is 0 Å². The van der Waals surface area contributed by atoms with Crippen LogP contribution >= 0.6 is 0 Å². The normalized spacial score (nSPS) is 11.3. The third kappa shape index (κ3) is 4.75. The van der Waals surface area contributed by atoms with Crippen LogP contribution in [0.1, 0.15) is 23.6 Å². The molecule has 8 nitrogen and oxygen atoms in total. The third-order valence-electron chi connectivity index (χ3n) is 3.93. The van der Waals surface area contributed by atoms with Crippen molar-refractivity contribution < 1.29 is 9.53 Å². The Morgan fingerprint density at radius 2 is 2.07 bits per heavy atom. The van der Waals surface area contributed by atoms with Gasteiger partial charge in [-0.15, -0.1) is 5.10 Å². The predicted molar refractivity (Wildman–Crippen MR) is 101 cm³/mol. The maximum absolute atomic E-state index is 12.0. The predicted octanol–water partition coefficient (Wildman–Crippen LogP) is 2.20. The fraction of sp³-hybridized carbons (Fsp3) is 0.211. The van der Waals surface area contributed by atoms with Crippen LogP contribution in [-0.2, 0) is 4.79 Å². The van der Waals surface area contributed by atoms with Gasteiger partial charge in [-0.2, -0.15) is 5.10 Å². The number of aromatic nitrogens is 4. The van der Waals surface area contributed by atoms with E-state index < -0.39 is 0 Å². The zero-order valence-corrected chi connectivity index (χ0v) is 15.4. The van der Waals surface area contributed by atoms with Gasteiger partial charge >= 0.3 is 0 Å². The summed E-state index contributed by atoms with van der Waals surface area (Å²) in [7, 11) is 0. The molecule has 0 aliphatic carbocycles. The van der Waals surface area contributed by atoms with Gasteiger partial charge in [0.05, 0.1) is 11.4 Å². The molecule has 1 heterocycles. The maximum Gasteiger partial charge on any atom is 0.277 e. The number of ether oxygens (including phenoxy) is 1. The summed E-state index contributed by atoms with van der Waals surface area (Å²) in [6, 6.07) is 13.4. The molecule has 27 heavy (non-hydrogen) atoms. The molecule has 0 atom stereocenters. The van der Waals surface area contributed by atoms with Crippen LogP contribution in [-0.4, -0.2) is 38.4 Å². The molecule has 0 aliphatic rings. The Morgan fingerprint density at radius 1 is 1.22 bits per heavy atom. The summed E-state index contributed by atoms with van der Waals surface area (Å²) in [5, 5.41) is 15.2. The molecule has 0 unspecified atom stereocenters. The second-order valence-corrected chi connectivity index (χ2v) is 6.09. The zero-order valence-electron chi connectivity index (χ0n) is 15.4. The minimum atomic E-state index is -0.327. The van der Waals surface area contributed by atoms with Crippen LogP contribution in [0, 0.1) is 13.8 Å². The van der Waals surface area contributed by atoms with Crippen LogP contribution in [0.5, 0.6) is 5.75 Å². The average Bonchev–Trinajstić information content (AvgIpc) is 3.21. The Bertz CT molecular complexity index is 966. The fourth-order valence-corrected chi connectivity index (χ4v) is 2.40. The maximum atomic E-state index is 12.0. The van der Waals surface area contributed by atoms with Crippen molar-refractivity contribution in [2.24, 2.45) is 5.10 Å². The number of amides is 1. The first-order chi connectivity index (χ1) is 13.0. The Labute approximate surface area is 156 Å². The Kier molecular flexibility index (Phi) is 5.55. The Hall–Kier alpha value is -3.55. The smallest absolute Gasteiger partial charge is 0.277 e. The molecule has 3 rings (SSSR count). The van der Waals surface area contributed by atoms with Crippen LogP contribution in [0.2, 0.25) is 0 Å². The molecular formula is C19H20N6O2. The summed E-state index contributed by atoms with van der Waals surface area (Å²) < 4.78 is 7.13. The van der Waals surface area contributed by atoms with E-state index in [0.717, 1.165) is 22.4 Å². The number of hydrazone groups is 1. The number of carbonyl (C=O) groups excluding carboxylic acids is 1. The fourth-order valence-electron chi connectivity index (χ4n) is 2.40. The van der Waals surface area contributed by atoms with Crippen molar-refractivity contribution in [2.75, 3.05) is 6.61 Å². The van der Waals surface area contributed by atoms with E-state index in [1.54, 1.807) is 4.68 Å². The lowest BCUT2D eigenvalue weighted by molar-refractivity contribution is -0.123. The van der Waals surface area contributed by atoms with Crippen LogP contribution in [0.25, 0.3) is 5.69 Å². The molecule has 0 radical (unpaired) electrons. The molecule has 1 N–H and O–H groups in total. The van der Waals surface area contributed by atoms with Crippen LogP contribution in [0.15, 0.2) is 53.9 Å². The van der Waals surface area contributed by atoms with Gasteiger partial charge in [-0.3, -0.25) is 4.79 Å². The molecule has 0 aliphatic heterocycles. The number of tetrazole rings is 1. The summed E-state index contributed by atoms with van der Waals surface area (Å²) in [6.45, 7) is 5.62. The van der Waals surface area contributed by atoms with Crippen LogP contribution in [0.3, 0.4) is 0 Å². The number of nitrogens with zero attached hydrogens (tertiary/aromatic N) is 5. The molecular weight excluding hydrogens is 344 g/mol. The highest BCUT2D eigenvalue weighted by molar-refractivity contribution is 5.99. The largest absolute Gasteiger partial charge is 0.483 e. The van der Waals surface area contributed by atoms with Crippen molar-refractivity contribution in [2.45, 2.75) is 20.8 Å². The second kappa shape index (κ2) is 8.22. The number of hydrogen-bond acceptors (Lipinski definition) is 6. The van der Waals surface area contributed by atoms with Crippen LogP contribution in [0.4, 0.5) is 0 Å². The lowest BCUT2D eigenvalue weighted by atomic mass is 10.1. The van der Waals surface area contributed by atoms with Gasteiger partial charge in [0.1, 0.15) is 12.1 Å². The Morgan fingerprint density at radius 3 is 2.85 bits per heavy atom. The van der Waals surface area contributed by atoms with E-state index in [0.29, 0.717) is 11.5 Å². The minimum Gasteiger partial charge on any atom is -0.483 e. The molecule has 0 saturated carbocycles. The lowest BCUT2D eigenvalue weighted by Crippen LogP contribution is -2.25. The topological polar surface area (TPSA) is 94.3 Å². The molecule has 2 aromatic carbocycles. The molecule has 1 amide bonds. The van der Waals surface area contributed by atoms with Crippen molar-refractivity contribution in [3.8, 4) is 11.4 Å². The number of rotatable bonds is 6. The molecule has 138 valence electrons. The van der Waals surface area contributed by atoms with Gasteiger partial charge < -0.3 is 4.74 Å². The van der Waals surface area contributed by atoms with Gasteiger partial charge in [-0.25, -0.2) is 10.1 Å². The van der Waals surface area contributed by atoms with E-state index in [9.17, 15) is 4.79 Å². The summed E-state index contributed by atoms with van der Waals surface area (Å²) in [5.74, 6) is 0.367. The van der Waals surface area contributed by atoms with Gasteiger partial charge in [0.25, 0.3) is 5.91 Å². The summed E-state index contributed by atoms with van der Waals surface area (Å²) in [5.41, 5.74) is 6.88. The Balaban J connectivity index is 1.61. The number of carbonyl (C=O) groups is 1. The molecule has 3 aromatic rings. The number of benzene rings is 2. The first-order valence-corrected chi connectivity index (χ1v) is 8.40. The third-order valence-corrected chi connectivity index (χ3v) is 3.93. The molecule has 0 spiro atoms. The average molecular weight is 364 g/mol. The van der Waals surface area contributed by atoms with Crippen molar-refractivity contribution in [3.05, 3.63) is 65.5 Å². The van der Waals surface area contributed by atoms with Gasteiger partial charge in [0.2, 0.25) is 0 Å². The molecule has 1 aromatic heterocycles. The SMILES string of the molecule is C/C(=N/NC(=O)COc1cc(C)ccc1C)c1cccc(-n2cnnn2)c1. The first kappa shape index (κ1) is 18.2. The summed E-state index contributed by atoms with van der Waals surface area (Å²) >= 11 is 0. The zero-order chi connectivity index (χ0) is 19.2. The van der Waals surface area contributed by atoms with Gasteiger partial charge in [0.15, 0.2) is 6.61 Å². The lowest BCUT2D eigenvalue weighted by Gasteiger charge is -2.09. The molecule has 0 saturated heterocycles. The number of nitrogens with one attached hydrogen (secondary N) is 1. The van der Waals surface area contributed by atoms with Gasteiger partial charge in [-0.1, -0.05) is 24.3 Å². The summed E-state index contributed by atoms with van der Waals surface area (Å²) in [4.78, 5) is 12.0. The quantitative estimate of drug-likeness (QED) is 0.534. The van der Waals surface area contributed by atoms with Crippen molar-refractivity contribution in [1.82, 2.24) is 25.6 Å². The first-order valence-electron chi connectivity index (χ1n) is 8.40. The summed E-state index contributed by atoms with van der Waals surface area (Å²) in [6.07, 6.45) is 1.51. The number of hydrogen-bond donors (Lipinski definition) is 1. The van der Waals surface area contributed by atoms with Gasteiger partial charge in [0, 0.05) is 0 Å². The van der Waals surface area contributed by atoms with E-state index in [-0.39, 0.29) is 12.5 Å². The van der Waals surface area contributed by atoms with E-state index >= 15 is 0 Å². The van der Waals surface area contributed by atoms with Gasteiger partial charge in [-0.05, 0) is 66.1 Å². The number of aryl methyl sites for hydroxylation is 2. The highest BCUT2D eigenvalue weighted by atomic mass is 16.5. The van der Waals surface area contributed by atoms with E-state index in [1.165, 1.54) is 6.33 Å². The molecule has 0 bridgehead atoms. The second-order valence-electron chi connectivity index (χ2n) is 6.09. The van der Waals surface area contributed by atoms with Crippen LogP contribution < -0.4 is 10.2 Å². The van der Waals surface area contributed by atoms with Crippen molar-refractivity contribution >= 4 is 11.6 Å². The van der Waals surface area contributed by atoms with E-state index in [1.807, 2.05) is 63.2 Å².